The molecule has 2 rings (SSSR count). The molecule has 3 unspecified atom stereocenters. The van der Waals surface area contributed by atoms with Gasteiger partial charge in [0.25, 0.3) is 0 Å². The highest BCUT2D eigenvalue weighted by Gasteiger charge is 2.29. The van der Waals surface area contributed by atoms with Crippen LogP contribution in [0.5, 0.6) is 0 Å². The number of halogens is 1. The summed E-state index contributed by atoms with van der Waals surface area (Å²) >= 11 is 0. The summed E-state index contributed by atoms with van der Waals surface area (Å²) < 4.78 is 0. The average Bonchev–Trinajstić information content (AvgIpc) is 2.49. The number of amides is 1. The van der Waals surface area contributed by atoms with Gasteiger partial charge >= 0.3 is 0 Å². The number of likely N-dealkylation sites (tertiary alicyclic amines) is 1. The predicted molar refractivity (Wildman–Crippen MR) is 89.7 cm³/mol. The van der Waals surface area contributed by atoms with Gasteiger partial charge in [0.1, 0.15) is 0 Å². The molecule has 0 spiro atoms. The van der Waals surface area contributed by atoms with Gasteiger partial charge in [0.15, 0.2) is 0 Å². The second kappa shape index (κ2) is 8.40. The summed E-state index contributed by atoms with van der Waals surface area (Å²) in [5.74, 6) is 0.702. The van der Waals surface area contributed by atoms with Gasteiger partial charge in [-0.1, -0.05) is 37.3 Å². The fourth-order valence-electron chi connectivity index (χ4n) is 3.10. The van der Waals surface area contributed by atoms with Gasteiger partial charge in [0.2, 0.25) is 5.91 Å². The maximum atomic E-state index is 12.8. The Bertz CT molecular complexity index is 436. The van der Waals surface area contributed by atoms with E-state index in [1.54, 1.807) is 0 Å². The van der Waals surface area contributed by atoms with Crippen LogP contribution >= 0.6 is 12.4 Å². The summed E-state index contributed by atoms with van der Waals surface area (Å²) in [6.45, 7) is 5.83. The van der Waals surface area contributed by atoms with Gasteiger partial charge in [0.05, 0.1) is 5.92 Å². The van der Waals surface area contributed by atoms with Gasteiger partial charge in [-0.3, -0.25) is 4.79 Å². The lowest BCUT2D eigenvalue weighted by Gasteiger charge is -2.36. The molecule has 1 aromatic carbocycles. The van der Waals surface area contributed by atoms with E-state index in [0.717, 1.165) is 37.9 Å². The zero-order valence-electron chi connectivity index (χ0n) is 13.0. The molecule has 118 valence electrons. The molecule has 3 atom stereocenters. The van der Waals surface area contributed by atoms with E-state index >= 15 is 0 Å². The van der Waals surface area contributed by atoms with Gasteiger partial charge in [-0.15, -0.1) is 12.4 Å². The fourth-order valence-corrected chi connectivity index (χ4v) is 3.10. The van der Waals surface area contributed by atoms with Crippen LogP contribution in [-0.4, -0.2) is 29.9 Å². The Morgan fingerprint density at radius 3 is 2.62 bits per heavy atom. The van der Waals surface area contributed by atoms with Crippen LogP contribution in [-0.2, 0) is 4.79 Å². The van der Waals surface area contributed by atoms with Gasteiger partial charge in [-0.05, 0) is 37.7 Å². The maximum Gasteiger partial charge on any atom is 0.230 e. The normalized spacial score (nSPS) is 21.3. The first-order chi connectivity index (χ1) is 9.63. The van der Waals surface area contributed by atoms with E-state index in [9.17, 15) is 4.79 Å². The van der Waals surface area contributed by atoms with Crippen LogP contribution < -0.4 is 5.73 Å². The standard InChI is InChI=1S/C17H26N2O.ClH/c1-3-16(14-8-5-4-6-9-14)17(20)19-11-7-10-15(12-19)13(2)18;/h4-6,8-9,13,15-16H,3,7,10-12,18H2,1-2H3;1H. The molecule has 1 saturated heterocycles. The van der Waals surface area contributed by atoms with Gasteiger partial charge < -0.3 is 10.6 Å². The molecule has 0 aliphatic carbocycles. The number of carbonyl (C=O) groups excluding carboxylic acids is 1. The highest BCUT2D eigenvalue weighted by atomic mass is 35.5. The summed E-state index contributed by atoms with van der Waals surface area (Å²) in [5.41, 5.74) is 7.14. The lowest BCUT2D eigenvalue weighted by atomic mass is 9.89. The van der Waals surface area contributed by atoms with Gasteiger partial charge in [-0.2, -0.15) is 0 Å². The number of nitrogens with two attached hydrogens (primary N) is 1. The van der Waals surface area contributed by atoms with E-state index in [1.165, 1.54) is 0 Å². The van der Waals surface area contributed by atoms with Crippen LogP contribution in [0.2, 0.25) is 0 Å². The Hall–Kier alpha value is -1.06. The smallest absolute Gasteiger partial charge is 0.230 e. The summed E-state index contributed by atoms with van der Waals surface area (Å²) in [6, 6.07) is 10.3. The van der Waals surface area contributed by atoms with E-state index in [2.05, 4.69) is 19.1 Å². The molecule has 0 radical (unpaired) electrons. The third-order valence-corrected chi connectivity index (χ3v) is 4.42. The van der Waals surface area contributed by atoms with E-state index in [-0.39, 0.29) is 30.3 Å². The molecule has 3 nitrogen and oxygen atoms in total. The van der Waals surface area contributed by atoms with Crippen molar-refractivity contribution in [3.8, 4) is 0 Å². The van der Waals surface area contributed by atoms with Crippen molar-refractivity contribution in [2.45, 2.75) is 45.1 Å². The first-order valence-corrected chi connectivity index (χ1v) is 7.72. The minimum Gasteiger partial charge on any atom is -0.342 e. The lowest BCUT2D eigenvalue weighted by Crippen LogP contribution is -2.46. The minimum absolute atomic E-state index is 0. The Kier molecular flexibility index (Phi) is 7.20. The van der Waals surface area contributed by atoms with Crippen molar-refractivity contribution >= 4 is 18.3 Å². The van der Waals surface area contributed by atoms with Gasteiger partial charge in [0, 0.05) is 19.1 Å². The second-order valence-corrected chi connectivity index (χ2v) is 5.92. The number of rotatable bonds is 4. The summed E-state index contributed by atoms with van der Waals surface area (Å²) in [7, 11) is 0. The van der Waals surface area contributed by atoms with Crippen LogP contribution in [0.4, 0.5) is 0 Å². The van der Waals surface area contributed by atoms with E-state index in [0.29, 0.717) is 5.92 Å². The summed E-state index contributed by atoms with van der Waals surface area (Å²) in [6.07, 6.45) is 3.06. The molecule has 4 heteroatoms. The van der Waals surface area contributed by atoms with Crippen LogP contribution in [0.25, 0.3) is 0 Å². The number of hydrogen-bond acceptors (Lipinski definition) is 2. The number of hydrogen-bond donors (Lipinski definition) is 1. The molecule has 2 N–H and O–H groups in total. The largest absolute Gasteiger partial charge is 0.342 e. The number of benzene rings is 1. The molecular weight excluding hydrogens is 284 g/mol. The highest BCUT2D eigenvalue weighted by molar-refractivity contribution is 5.85. The number of piperidine rings is 1. The predicted octanol–water partition coefficient (Wildman–Crippen LogP) is 3.19. The molecule has 21 heavy (non-hydrogen) atoms. The quantitative estimate of drug-likeness (QED) is 0.928. The van der Waals surface area contributed by atoms with Crippen molar-refractivity contribution in [2.75, 3.05) is 13.1 Å². The van der Waals surface area contributed by atoms with E-state index in [4.69, 9.17) is 5.73 Å². The van der Waals surface area contributed by atoms with Crippen molar-refractivity contribution < 1.29 is 4.79 Å². The van der Waals surface area contributed by atoms with Crippen molar-refractivity contribution in [2.24, 2.45) is 11.7 Å². The average molecular weight is 311 g/mol. The van der Waals surface area contributed by atoms with Crippen LogP contribution in [0.15, 0.2) is 30.3 Å². The van der Waals surface area contributed by atoms with Crippen molar-refractivity contribution in [3.63, 3.8) is 0 Å². The first kappa shape index (κ1) is 18.0. The van der Waals surface area contributed by atoms with E-state index < -0.39 is 0 Å². The Morgan fingerprint density at radius 2 is 2.05 bits per heavy atom. The molecule has 1 aliphatic rings. The van der Waals surface area contributed by atoms with Crippen LogP contribution in [0, 0.1) is 5.92 Å². The molecule has 1 aliphatic heterocycles. The SMILES string of the molecule is CCC(C(=O)N1CCCC(C(C)N)C1)c1ccccc1.Cl. The molecule has 0 saturated carbocycles. The number of carbonyl (C=O) groups is 1. The third kappa shape index (κ3) is 4.45. The molecule has 0 bridgehead atoms. The Morgan fingerprint density at radius 1 is 1.38 bits per heavy atom. The Labute approximate surface area is 134 Å². The lowest BCUT2D eigenvalue weighted by molar-refractivity contribution is -0.134. The maximum absolute atomic E-state index is 12.8. The molecule has 1 fully saturated rings. The molecule has 1 heterocycles. The minimum atomic E-state index is -0.0111. The topological polar surface area (TPSA) is 46.3 Å². The van der Waals surface area contributed by atoms with Crippen molar-refractivity contribution in [1.82, 2.24) is 4.90 Å². The van der Waals surface area contributed by atoms with Gasteiger partial charge in [-0.25, -0.2) is 0 Å². The monoisotopic (exact) mass is 310 g/mol. The van der Waals surface area contributed by atoms with E-state index in [1.807, 2.05) is 30.0 Å². The third-order valence-electron chi connectivity index (χ3n) is 4.42. The van der Waals surface area contributed by atoms with Crippen LogP contribution in [0.1, 0.15) is 44.6 Å². The summed E-state index contributed by atoms with van der Waals surface area (Å²) in [4.78, 5) is 14.8. The zero-order chi connectivity index (χ0) is 14.5. The summed E-state index contributed by atoms with van der Waals surface area (Å²) in [5, 5.41) is 0. The van der Waals surface area contributed by atoms with Crippen molar-refractivity contribution in [3.05, 3.63) is 35.9 Å². The Balaban J connectivity index is 0.00000220. The first-order valence-electron chi connectivity index (χ1n) is 7.72. The molecule has 0 aromatic heterocycles. The fraction of sp³-hybridized carbons (Fsp3) is 0.588. The zero-order valence-corrected chi connectivity index (χ0v) is 13.8. The molecule has 1 aromatic rings. The molecule has 1 amide bonds. The number of nitrogens with zero attached hydrogens (tertiary/aromatic N) is 1. The highest BCUT2D eigenvalue weighted by Crippen LogP contribution is 2.26. The van der Waals surface area contributed by atoms with Crippen LogP contribution in [0.3, 0.4) is 0 Å². The molecular formula is C17H27ClN2O. The van der Waals surface area contributed by atoms with Crippen molar-refractivity contribution in [1.29, 1.82) is 0 Å². The second-order valence-electron chi connectivity index (χ2n) is 5.92.